The van der Waals surface area contributed by atoms with Crippen LogP contribution in [0.4, 0.5) is 14.9 Å². The molecule has 1 fully saturated rings. The second-order valence-corrected chi connectivity index (χ2v) is 9.06. The molecule has 10 heteroatoms. The van der Waals surface area contributed by atoms with Crippen molar-refractivity contribution < 1.29 is 22.7 Å². The molecule has 0 radical (unpaired) electrons. The maximum atomic E-state index is 13.1. The largest absolute Gasteiger partial charge is 0.394 e. The Kier molecular flexibility index (Phi) is 7.03. The molecular formula is C20H25FN4O4S. The molecule has 3 N–H and O–H groups in total. The Morgan fingerprint density at radius 2 is 1.80 bits per heavy atom. The van der Waals surface area contributed by atoms with E-state index in [1.54, 1.807) is 12.1 Å². The molecule has 8 nitrogen and oxygen atoms in total. The Hall–Kier alpha value is -2.53. The van der Waals surface area contributed by atoms with Gasteiger partial charge >= 0.3 is 6.03 Å². The average Bonchev–Trinajstić information content (AvgIpc) is 2.73. The molecule has 2 aromatic carbocycles. The number of carbonyl (C=O) groups is 1. The highest BCUT2D eigenvalue weighted by molar-refractivity contribution is 7.89. The van der Waals surface area contributed by atoms with Crippen molar-refractivity contribution in [3.05, 3.63) is 59.9 Å². The van der Waals surface area contributed by atoms with E-state index in [2.05, 4.69) is 15.5 Å². The highest BCUT2D eigenvalue weighted by Gasteiger charge is 2.27. The molecule has 0 spiro atoms. The van der Waals surface area contributed by atoms with Gasteiger partial charge in [-0.3, -0.25) is 0 Å². The van der Waals surface area contributed by atoms with Gasteiger partial charge in [-0.1, -0.05) is 18.2 Å². The maximum Gasteiger partial charge on any atom is 0.319 e. The minimum absolute atomic E-state index is 0.0992. The predicted molar refractivity (Wildman–Crippen MR) is 111 cm³/mol. The third-order valence-electron chi connectivity index (χ3n) is 4.95. The number of rotatable bonds is 6. The zero-order valence-corrected chi connectivity index (χ0v) is 17.4. The van der Waals surface area contributed by atoms with Gasteiger partial charge in [0.2, 0.25) is 10.0 Å². The van der Waals surface area contributed by atoms with Crippen LogP contribution in [0.15, 0.2) is 53.4 Å². The van der Waals surface area contributed by atoms with Crippen LogP contribution in [-0.2, 0) is 10.0 Å². The van der Waals surface area contributed by atoms with Crippen molar-refractivity contribution in [1.29, 1.82) is 0 Å². The van der Waals surface area contributed by atoms with Gasteiger partial charge in [0.05, 0.1) is 17.5 Å². The first-order valence-electron chi connectivity index (χ1n) is 9.52. The lowest BCUT2D eigenvalue weighted by Gasteiger charge is -2.31. The van der Waals surface area contributed by atoms with Crippen LogP contribution in [0.1, 0.15) is 11.6 Å². The summed E-state index contributed by atoms with van der Waals surface area (Å²) in [5, 5.41) is 14.7. The van der Waals surface area contributed by atoms with Gasteiger partial charge in [-0.15, -0.1) is 0 Å². The van der Waals surface area contributed by atoms with E-state index >= 15 is 0 Å². The quantitative estimate of drug-likeness (QED) is 0.639. The molecule has 1 aliphatic rings. The summed E-state index contributed by atoms with van der Waals surface area (Å²) in [6.45, 7) is 1.76. The first-order valence-corrected chi connectivity index (χ1v) is 11.0. The zero-order chi connectivity index (χ0) is 21.7. The van der Waals surface area contributed by atoms with Crippen molar-refractivity contribution in [2.24, 2.45) is 0 Å². The number of anilines is 1. The maximum absolute atomic E-state index is 13.1. The summed E-state index contributed by atoms with van der Waals surface area (Å²) in [6.07, 6.45) is 0. The van der Waals surface area contributed by atoms with Crippen LogP contribution in [-0.4, -0.2) is 68.6 Å². The van der Waals surface area contributed by atoms with Crippen LogP contribution < -0.4 is 10.6 Å². The molecule has 0 bridgehead atoms. The third-order valence-corrected chi connectivity index (χ3v) is 6.85. The fraction of sp³-hybridized carbons (Fsp3) is 0.350. The highest BCUT2D eigenvalue weighted by atomic mass is 32.2. The molecule has 1 atom stereocenters. The number of hydrogen-bond acceptors (Lipinski definition) is 5. The summed E-state index contributed by atoms with van der Waals surface area (Å²) in [5.41, 5.74) is 0.846. The molecule has 162 valence electrons. The van der Waals surface area contributed by atoms with Gasteiger partial charge in [-0.2, -0.15) is 4.31 Å². The number of piperazine rings is 1. The predicted octanol–water partition coefficient (Wildman–Crippen LogP) is 1.62. The van der Waals surface area contributed by atoms with E-state index in [1.165, 1.54) is 40.7 Å². The number of urea groups is 1. The molecule has 1 heterocycles. The standard InChI is InChI=1S/C20H25FN4O4S/c1-24-9-11-25(12-10-24)30(28,29)18-4-2-3-17(13-18)22-20(27)23-19(14-26)15-5-7-16(21)8-6-15/h2-8,13,19,26H,9-12,14H2,1H3,(H2,22,23,27). The Bertz CT molecular complexity index is 977. The van der Waals surface area contributed by atoms with Crippen LogP contribution in [0.2, 0.25) is 0 Å². The van der Waals surface area contributed by atoms with Crippen molar-refractivity contribution in [2.75, 3.05) is 45.2 Å². The number of aliphatic hydroxyl groups excluding tert-OH is 1. The van der Waals surface area contributed by atoms with Crippen LogP contribution in [0.25, 0.3) is 0 Å². The minimum atomic E-state index is -3.66. The number of sulfonamides is 1. The Labute approximate surface area is 175 Å². The van der Waals surface area contributed by atoms with Gasteiger partial charge in [-0.25, -0.2) is 17.6 Å². The van der Waals surface area contributed by atoms with Crippen molar-refractivity contribution in [3.8, 4) is 0 Å². The SMILES string of the molecule is CN1CCN(S(=O)(=O)c2cccc(NC(=O)NC(CO)c3ccc(F)cc3)c2)CC1. The monoisotopic (exact) mass is 436 g/mol. The van der Waals surface area contributed by atoms with E-state index < -0.39 is 27.9 Å². The molecular weight excluding hydrogens is 411 g/mol. The van der Waals surface area contributed by atoms with Gasteiger partial charge in [-0.05, 0) is 42.9 Å². The van der Waals surface area contributed by atoms with Gasteiger partial charge in [0.1, 0.15) is 5.82 Å². The number of likely N-dealkylation sites (N-methyl/N-ethyl adjacent to an activating group) is 1. The topological polar surface area (TPSA) is 102 Å². The fourth-order valence-corrected chi connectivity index (χ4v) is 4.64. The van der Waals surface area contributed by atoms with Crippen molar-refractivity contribution in [2.45, 2.75) is 10.9 Å². The molecule has 0 aliphatic carbocycles. The second-order valence-electron chi connectivity index (χ2n) is 7.12. The summed E-state index contributed by atoms with van der Waals surface area (Å²) >= 11 is 0. The number of carbonyl (C=O) groups excluding carboxylic acids is 1. The molecule has 0 saturated carbocycles. The number of hydrogen-bond donors (Lipinski definition) is 3. The number of nitrogens with zero attached hydrogens (tertiary/aromatic N) is 2. The summed E-state index contributed by atoms with van der Waals surface area (Å²) in [5.74, 6) is -0.418. The van der Waals surface area contributed by atoms with E-state index in [1.807, 2.05) is 7.05 Å². The van der Waals surface area contributed by atoms with E-state index in [-0.39, 0.29) is 11.5 Å². The van der Waals surface area contributed by atoms with Crippen molar-refractivity contribution in [1.82, 2.24) is 14.5 Å². The number of aliphatic hydroxyl groups is 1. The summed E-state index contributed by atoms with van der Waals surface area (Å²) in [7, 11) is -1.72. The first-order chi connectivity index (χ1) is 14.3. The summed E-state index contributed by atoms with van der Waals surface area (Å²) in [4.78, 5) is 14.5. The number of nitrogens with one attached hydrogen (secondary N) is 2. The normalized spacial score (nSPS) is 16.8. The van der Waals surface area contributed by atoms with Crippen LogP contribution in [0.3, 0.4) is 0 Å². The Balaban J connectivity index is 1.68. The lowest BCUT2D eigenvalue weighted by Crippen LogP contribution is -2.47. The van der Waals surface area contributed by atoms with E-state index in [9.17, 15) is 22.7 Å². The smallest absolute Gasteiger partial charge is 0.319 e. The zero-order valence-electron chi connectivity index (χ0n) is 16.6. The Morgan fingerprint density at radius 1 is 1.13 bits per heavy atom. The summed E-state index contributed by atoms with van der Waals surface area (Å²) in [6, 6.07) is 10.1. The lowest BCUT2D eigenvalue weighted by atomic mass is 10.1. The Morgan fingerprint density at radius 3 is 2.43 bits per heavy atom. The lowest BCUT2D eigenvalue weighted by molar-refractivity contribution is 0.222. The molecule has 1 unspecified atom stereocenters. The third kappa shape index (κ3) is 5.33. The molecule has 2 aromatic rings. The number of benzene rings is 2. The minimum Gasteiger partial charge on any atom is -0.394 e. The molecule has 3 rings (SSSR count). The second kappa shape index (κ2) is 9.52. The van der Waals surface area contributed by atoms with Crippen LogP contribution in [0, 0.1) is 5.82 Å². The van der Waals surface area contributed by atoms with E-state index in [0.29, 0.717) is 37.4 Å². The van der Waals surface area contributed by atoms with Crippen LogP contribution >= 0.6 is 0 Å². The van der Waals surface area contributed by atoms with Crippen molar-refractivity contribution in [3.63, 3.8) is 0 Å². The summed E-state index contributed by atoms with van der Waals surface area (Å²) < 4.78 is 40.3. The van der Waals surface area contributed by atoms with E-state index in [0.717, 1.165) is 0 Å². The molecule has 1 aliphatic heterocycles. The molecule has 1 saturated heterocycles. The first kappa shape index (κ1) is 22.2. The average molecular weight is 437 g/mol. The van der Waals surface area contributed by atoms with Crippen molar-refractivity contribution >= 4 is 21.7 Å². The number of amides is 2. The van der Waals surface area contributed by atoms with Gasteiger partial charge < -0.3 is 20.6 Å². The fourth-order valence-electron chi connectivity index (χ4n) is 3.17. The van der Waals surface area contributed by atoms with Gasteiger partial charge in [0.25, 0.3) is 0 Å². The number of halogens is 1. The van der Waals surface area contributed by atoms with Gasteiger partial charge in [0.15, 0.2) is 0 Å². The van der Waals surface area contributed by atoms with Crippen LogP contribution in [0.5, 0.6) is 0 Å². The molecule has 0 aromatic heterocycles. The molecule has 2 amide bonds. The molecule has 30 heavy (non-hydrogen) atoms. The van der Waals surface area contributed by atoms with Gasteiger partial charge in [0, 0.05) is 31.9 Å². The van der Waals surface area contributed by atoms with E-state index in [4.69, 9.17) is 0 Å². The highest BCUT2D eigenvalue weighted by Crippen LogP contribution is 2.21.